The number of nitrogens with zero attached hydrogens (tertiary/aromatic N) is 1. The van der Waals surface area contributed by atoms with Crippen LogP contribution in [0.5, 0.6) is 0 Å². The van der Waals surface area contributed by atoms with E-state index in [0.717, 1.165) is 21.5 Å². The minimum absolute atomic E-state index is 0.184. The predicted molar refractivity (Wildman–Crippen MR) is 88.7 cm³/mol. The van der Waals surface area contributed by atoms with Crippen LogP contribution in [0.4, 0.5) is 5.69 Å². The fourth-order valence-electron chi connectivity index (χ4n) is 1.96. The number of amides is 1. The summed E-state index contributed by atoms with van der Waals surface area (Å²) in [6, 6.07) is 13.1. The highest BCUT2D eigenvalue weighted by Gasteiger charge is 2.03. The minimum atomic E-state index is -0.184. The molecule has 2 aromatic heterocycles. The molecule has 0 aliphatic heterocycles. The first-order chi connectivity index (χ1) is 10.2. The lowest BCUT2D eigenvalue weighted by atomic mass is 10.2. The third-order valence-corrected chi connectivity index (χ3v) is 4.09. The zero-order valence-electron chi connectivity index (χ0n) is 10.9. The number of carbonyl (C=O) groups excluding carboxylic acids is 1. The van der Waals surface area contributed by atoms with Gasteiger partial charge in [0.05, 0.1) is 15.5 Å². The monoisotopic (exact) mass is 314 g/mol. The van der Waals surface area contributed by atoms with Gasteiger partial charge in [0.1, 0.15) is 0 Å². The average Bonchev–Trinajstić information content (AvgIpc) is 2.91. The molecule has 0 aliphatic rings. The van der Waals surface area contributed by atoms with Crippen LogP contribution in [0.1, 0.15) is 4.88 Å². The van der Waals surface area contributed by atoms with Crippen molar-refractivity contribution in [2.45, 2.75) is 0 Å². The first-order valence-corrected chi connectivity index (χ1v) is 7.50. The van der Waals surface area contributed by atoms with Crippen LogP contribution in [-0.4, -0.2) is 10.9 Å². The minimum Gasteiger partial charge on any atom is -0.322 e. The van der Waals surface area contributed by atoms with Gasteiger partial charge in [-0.15, -0.1) is 11.3 Å². The van der Waals surface area contributed by atoms with Crippen molar-refractivity contribution < 1.29 is 4.79 Å². The van der Waals surface area contributed by atoms with Crippen molar-refractivity contribution in [1.82, 2.24) is 4.98 Å². The molecule has 0 spiro atoms. The number of aromatic nitrogens is 1. The van der Waals surface area contributed by atoms with Crippen LogP contribution in [-0.2, 0) is 4.79 Å². The van der Waals surface area contributed by atoms with E-state index in [9.17, 15) is 4.79 Å². The Balaban J connectivity index is 1.79. The molecule has 0 atom stereocenters. The fourth-order valence-corrected chi connectivity index (χ4v) is 2.93. The molecule has 1 N–H and O–H groups in total. The Kier molecular flexibility index (Phi) is 3.99. The molecule has 0 fully saturated rings. The van der Waals surface area contributed by atoms with Crippen molar-refractivity contribution >= 4 is 51.5 Å². The van der Waals surface area contributed by atoms with E-state index in [1.54, 1.807) is 18.3 Å². The number of benzene rings is 1. The van der Waals surface area contributed by atoms with E-state index in [2.05, 4.69) is 10.3 Å². The molecule has 1 amide bonds. The molecule has 3 aromatic rings. The first kappa shape index (κ1) is 13.8. The molecule has 2 heterocycles. The van der Waals surface area contributed by atoms with Gasteiger partial charge >= 0.3 is 0 Å². The van der Waals surface area contributed by atoms with Crippen molar-refractivity contribution in [2.75, 3.05) is 5.32 Å². The summed E-state index contributed by atoms with van der Waals surface area (Å²) in [6.45, 7) is 0. The van der Waals surface area contributed by atoms with Gasteiger partial charge in [-0.05, 0) is 42.5 Å². The number of halogens is 1. The highest BCUT2D eigenvalue weighted by atomic mass is 35.5. The van der Waals surface area contributed by atoms with Crippen LogP contribution >= 0.6 is 22.9 Å². The summed E-state index contributed by atoms with van der Waals surface area (Å²) in [4.78, 5) is 17.2. The fraction of sp³-hybridized carbons (Fsp3) is 0. The van der Waals surface area contributed by atoms with Gasteiger partial charge in [-0.3, -0.25) is 9.78 Å². The molecule has 0 radical (unpaired) electrons. The Morgan fingerprint density at radius 1 is 1.19 bits per heavy atom. The summed E-state index contributed by atoms with van der Waals surface area (Å²) in [5.74, 6) is -0.184. The number of hydrogen-bond acceptors (Lipinski definition) is 3. The maximum Gasteiger partial charge on any atom is 0.248 e. The average molecular weight is 315 g/mol. The first-order valence-electron chi connectivity index (χ1n) is 6.30. The van der Waals surface area contributed by atoms with Gasteiger partial charge in [-0.1, -0.05) is 17.7 Å². The topological polar surface area (TPSA) is 42.0 Å². The Morgan fingerprint density at radius 3 is 2.90 bits per heavy atom. The van der Waals surface area contributed by atoms with E-state index < -0.39 is 0 Å². The summed E-state index contributed by atoms with van der Waals surface area (Å²) < 4.78 is 0.704. The number of pyridine rings is 1. The second-order valence-corrected chi connectivity index (χ2v) is 6.09. The Morgan fingerprint density at radius 2 is 2.10 bits per heavy atom. The molecule has 0 bridgehead atoms. The molecule has 5 heteroatoms. The molecule has 104 valence electrons. The maximum atomic E-state index is 12.0. The van der Waals surface area contributed by atoms with Gasteiger partial charge in [0.25, 0.3) is 0 Å². The summed E-state index contributed by atoms with van der Waals surface area (Å²) in [5.41, 5.74) is 1.60. The van der Waals surface area contributed by atoms with Gasteiger partial charge in [0, 0.05) is 22.5 Å². The molecule has 3 nitrogen and oxygen atoms in total. The standard InChI is InChI=1S/C16H11ClN2OS/c17-15-8-6-11(21-15)7-9-16(20)19-14-5-1-4-13-12(14)3-2-10-18-13/h1-10H,(H,19,20). The predicted octanol–water partition coefficient (Wildman–Crippen LogP) is 4.60. The molecular formula is C16H11ClN2OS. The number of hydrogen-bond donors (Lipinski definition) is 1. The number of rotatable bonds is 3. The SMILES string of the molecule is O=C(C=Cc1ccc(Cl)s1)Nc1cccc2ncccc12. The lowest BCUT2D eigenvalue weighted by Crippen LogP contribution is -2.08. The summed E-state index contributed by atoms with van der Waals surface area (Å²) >= 11 is 7.28. The van der Waals surface area contributed by atoms with Crippen molar-refractivity contribution in [3.63, 3.8) is 0 Å². The number of nitrogens with one attached hydrogen (secondary N) is 1. The van der Waals surface area contributed by atoms with Crippen LogP contribution in [0, 0.1) is 0 Å². The van der Waals surface area contributed by atoms with Crippen molar-refractivity contribution in [2.24, 2.45) is 0 Å². The third-order valence-electron chi connectivity index (χ3n) is 2.90. The van der Waals surface area contributed by atoms with E-state index in [4.69, 9.17) is 11.6 Å². The van der Waals surface area contributed by atoms with E-state index in [1.807, 2.05) is 36.4 Å². The largest absolute Gasteiger partial charge is 0.322 e. The molecule has 0 aliphatic carbocycles. The molecule has 0 unspecified atom stereocenters. The Labute approximate surface area is 130 Å². The number of thiophene rings is 1. The van der Waals surface area contributed by atoms with Gasteiger partial charge in [0.15, 0.2) is 0 Å². The second-order valence-electron chi connectivity index (χ2n) is 4.34. The van der Waals surface area contributed by atoms with Gasteiger partial charge < -0.3 is 5.32 Å². The second kappa shape index (κ2) is 6.08. The molecule has 21 heavy (non-hydrogen) atoms. The van der Waals surface area contributed by atoms with Crippen LogP contribution in [0.2, 0.25) is 4.34 Å². The molecule has 0 saturated carbocycles. The van der Waals surface area contributed by atoms with Gasteiger partial charge in [-0.25, -0.2) is 0 Å². The van der Waals surface area contributed by atoms with Crippen LogP contribution < -0.4 is 5.32 Å². The number of carbonyl (C=O) groups is 1. The maximum absolute atomic E-state index is 12.0. The van der Waals surface area contributed by atoms with E-state index in [0.29, 0.717) is 4.34 Å². The molecule has 0 saturated heterocycles. The Bertz CT molecular complexity index is 821. The highest BCUT2D eigenvalue weighted by Crippen LogP contribution is 2.23. The number of fused-ring (bicyclic) bond motifs is 1. The zero-order chi connectivity index (χ0) is 14.7. The van der Waals surface area contributed by atoms with Crippen LogP contribution in [0.15, 0.2) is 54.7 Å². The van der Waals surface area contributed by atoms with Crippen LogP contribution in [0.25, 0.3) is 17.0 Å². The van der Waals surface area contributed by atoms with Gasteiger partial charge in [-0.2, -0.15) is 0 Å². The summed E-state index contributed by atoms with van der Waals surface area (Å²) in [7, 11) is 0. The van der Waals surface area contributed by atoms with E-state index in [1.165, 1.54) is 17.4 Å². The van der Waals surface area contributed by atoms with Crippen molar-refractivity contribution in [1.29, 1.82) is 0 Å². The number of anilines is 1. The van der Waals surface area contributed by atoms with E-state index in [-0.39, 0.29) is 5.91 Å². The zero-order valence-corrected chi connectivity index (χ0v) is 12.5. The Hall–Kier alpha value is -2.17. The lowest BCUT2D eigenvalue weighted by Gasteiger charge is -2.05. The molecular weight excluding hydrogens is 304 g/mol. The third kappa shape index (κ3) is 3.29. The van der Waals surface area contributed by atoms with Crippen molar-refractivity contribution in [3.8, 4) is 0 Å². The molecule has 1 aromatic carbocycles. The quantitative estimate of drug-likeness (QED) is 0.718. The lowest BCUT2D eigenvalue weighted by molar-refractivity contribution is -0.111. The smallest absolute Gasteiger partial charge is 0.248 e. The summed E-state index contributed by atoms with van der Waals surface area (Å²) in [6.07, 6.45) is 4.97. The molecule has 3 rings (SSSR count). The summed E-state index contributed by atoms with van der Waals surface area (Å²) in [5, 5.41) is 3.79. The van der Waals surface area contributed by atoms with Crippen molar-refractivity contribution in [3.05, 3.63) is 64.0 Å². The normalized spacial score (nSPS) is 11.1. The van der Waals surface area contributed by atoms with E-state index >= 15 is 0 Å². The highest BCUT2D eigenvalue weighted by molar-refractivity contribution is 7.17. The van der Waals surface area contributed by atoms with Gasteiger partial charge in [0.2, 0.25) is 5.91 Å². The van der Waals surface area contributed by atoms with Crippen LogP contribution in [0.3, 0.4) is 0 Å².